The van der Waals surface area contributed by atoms with E-state index in [9.17, 15) is 5.11 Å². The molecule has 1 unspecified atom stereocenters. The number of rotatable bonds is 5. The Hall–Kier alpha value is -1.32. The number of thiophene rings is 1. The van der Waals surface area contributed by atoms with Crippen LogP contribution in [0, 0.1) is 5.92 Å². The Morgan fingerprint density at radius 3 is 2.44 bits per heavy atom. The highest BCUT2D eigenvalue weighted by Crippen LogP contribution is 2.35. The highest BCUT2D eigenvalue weighted by molar-refractivity contribution is 7.10. The number of methoxy groups -OCH3 is 1. The largest absolute Gasteiger partial charge is 0.497 e. The predicted molar refractivity (Wildman–Crippen MR) is 75.4 cm³/mol. The van der Waals surface area contributed by atoms with Crippen LogP contribution in [-0.4, -0.2) is 18.8 Å². The van der Waals surface area contributed by atoms with Crippen molar-refractivity contribution in [1.82, 2.24) is 0 Å². The van der Waals surface area contributed by atoms with Crippen molar-refractivity contribution in [1.29, 1.82) is 0 Å². The van der Waals surface area contributed by atoms with Crippen molar-refractivity contribution in [3.8, 4) is 5.75 Å². The maximum Gasteiger partial charge on any atom is 0.118 e. The summed E-state index contributed by atoms with van der Waals surface area (Å²) in [5, 5.41) is 11.5. The lowest BCUT2D eigenvalue weighted by molar-refractivity contribution is 0.226. The van der Waals surface area contributed by atoms with Gasteiger partial charge in [-0.2, -0.15) is 0 Å². The van der Waals surface area contributed by atoms with Crippen molar-refractivity contribution in [3.63, 3.8) is 0 Å². The first-order valence-electron chi connectivity index (χ1n) is 6.04. The van der Waals surface area contributed by atoms with Gasteiger partial charge in [-0.05, 0) is 35.1 Å². The standard InChI is InChI=1S/C15H18O2S/c1-11(10-16)15(14-4-3-9-18-14)12-5-7-13(17-2)8-6-12/h3-9,11,15-16H,10H2,1-2H3/t11-,15?/m0/s1. The third-order valence-electron chi connectivity index (χ3n) is 3.18. The van der Waals surface area contributed by atoms with Gasteiger partial charge < -0.3 is 9.84 Å². The molecule has 1 N–H and O–H groups in total. The molecule has 0 aliphatic heterocycles. The summed E-state index contributed by atoms with van der Waals surface area (Å²) in [6, 6.07) is 12.3. The lowest BCUT2D eigenvalue weighted by Crippen LogP contribution is -2.13. The molecule has 2 nitrogen and oxygen atoms in total. The molecule has 0 saturated heterocycles. The highest BCUT2D eigenvalue weighted by atomic mass is 32.1. The summed E-state index contributed by atoms with van der Waals surface area (Å²) in [7, 11) is 1.67. The second-order valence-electron chi connectivity index (χ2n) is 4.43. The summed E-state index contributed by atoms with van der Waals surface area (Å²) < 4.78 is 5.18. The molecule has 1 aromatic carbocycles. The molecule has 1 heterocycles. The number of ether oxygens (including phenoxy) is 1. The molecule has 0 amide bonds. The van der Waals surface area contributed by atoms with Crippen LogP contribution in [0.1, 0.15) is 23.3 Å². The lowest BCUT2D eigenvalue weighted by atomic mass is 9.86. The summed E-state index contributed by atoms with van der Waals surface area (Å²) in [4.78, 5) is 1.29. The topological polar surface area (TPSA) is 29.5 Å². The van der Waals surface area contributed by atoms with E-state index in [0.29, 0.717) is 0 Å². The Morgan fingerprint density at radius 1 is 1.22 bits per heavy atom. The predicted octanol–water partition coefficient (Wildman–Crippen LogP) is 3.52. The minimum Gasteiger partial charge on any atom is -0.497 e. The fourth-order valence-electron chi connectivity index (χ4n) is 2.16. The summed E-state index contributed by atoms with van der Waals surface area (Å²) in [6.07, 6.45) is 0. The molecule has 0 fully saturated rings. The molecule has 2 aromatic rings. The molecule has 2 atom stereocenters. The van der Waals surface area contributed by atoms with Crippen molar-refractivity contribution in [3.05, 3.63) is 52.2 Å². The molecule has 0 spiro atoms. The van der Waals surface area contributed by atoms with Gasteiger partial charge >= 0.3 is 0 Å². The molecular formula is C15H18O2S. The second kappa shape index (κ2) is 6.03. The van der Waals surface area contributed by atoms with Gasteiger partial charge in [-0.3, -0.25) is 0 Å². The summed E-state index contributed by atoms with van der Waals surface area (Å²) in [5.74, 6) is 1.32. The van der Waals surface area contributed by atoms with Gasteiger partial charge in [0.2, 0.25) is 0 Å². The Bertz CT molecular complexity index is 462. The van der Waals surface area contributed by atoms with E-state index < -0.39 is 0 Å². The first kappa shape index (κ1) is 13.1. The van der Waals surface area contributed by atoms with Crippen LogP contribution in [-0.2, 0) is 0 Å². The SMILES string of the molecule is COc1ccc(C(c2cccs2)[C@@H](C)CO)cc1. The molecule has 96 valence electrons. The highest BCUT2D eigenvalue weighted by Gasteiger charge is 2.21. The first-order chi connectivity index (χ1) is 8.76. The van der Waals surface area contributed by atoms with Gasteiger partial charge in [0.25, 0.3) is 0 Å². The van der Waals surface area contributed by atoms with E-state index in [2.05, 4.69) is 36.6 Å². The third-order valence-corrected chi connectivity index (χ3v) is 4.14. The fraction of sp³-hybridized carbons (Fsp3) is 0.333. The van der Waals surface area contributed by atoms with Crippen molar-refractivity contribution in [2.75, 3.05) is 13.7 Å². The molecule has 0 aliphatic carbocycles. The molecule has 0 aliphatic rings. The van der Waals surface area contributed by atoms with E-state index in [0.717, 1.165) is 5.75 Å². The van der Waals surface area contributed by atoms with Crippen LogP contribution in [0.5, 0.6) is 5.75 Å². The van der Waals surface area contributed by atoms with E-state index in [4.69, 9.17) is 4.74 Å². The molecule has 0 radical (unpaired) electrons. The molecule has 3 heteroatoms. The quantitative estimate of drug-likeness (QED) is 0.893. The summed E-state index contributed by atoms with van der Waals surface area (Å²) >= 11 is 1.74. The first-order valence-corrected chi connectivity index (χ1v) is 6.92. The molecule has 2 rings (SSSR count). The normalized spacial score (nSPS) is 14.2. The third kappa shape index (κ3) is 2.74. The number of benzene rings is 1. The summed E-state index contributed by atoms with van der Waals surface area (Å²) in [5.41, 5.74) is 1.22. The molecule has 0 saturated carbocycles. The van der Waals surface area contributed by atoms with Gasteiger partial charge in [0.05, 0.1) is 7.11 Å². The average Bonchev–Trinajstić information content (AvgIpc) is 2.93. The van der Waals surface area contributed by atoms with Gasteiger partial charge in [-0.1, -0.05) is 25.1 Å². The maximum absolute atomic E-state index is 9.45. The van der Waals surface area contributed by atoms with Crippen LogP contribution in [0.25, 0.3) is 0 Å². The van der Waals surface area contributed by atoms with Crippen molar-refractivity contribution < 1.29 is 9.84 Å². The minimum atomic E-state index is 0.189. The average molecular weight is 262 g/mol. The Morgan fingerprint density at radius 2 is 1.94 bits per heavy atom. The van der Waals surface area contributed by atoms with Crippen LogP contribution < -0.4 is 4.74 Å². The van der Waals surface area contributed by atoms with Gasteiger partial charge in [-0.25, -0.2) is 0 Å². The number of hydrogen-bond donors (Lipinski definition) is 1. The van der Waals surface area contributed by atoms with E-state index in [1.54, 1.807) is 18.4 Å². The Balaban J connectivity index is 2.33. The summed E-state index contributed by atoms with van der Waals surface area (Å²) in [6.45, 7) is 2.27. The Kier molecular flexibility index (Phi) is 4.39. The Labute approximate surface area is 112 Å². The monoisotopic (exact) mass is 262 g/mol. The van der Waals surface area contributed by atoms with Crippen molar-refractivity contribution in [2.24, 2.45) is 5.92 Å². The molecular weight excluding hydrogens is 244 g/mol. The van der Waals surface area contributed by atoms with Gasteiger partial charge in [0.15, 0.2) is 0 Å². The maximum atomic E-state index is 9.45. The molecule has 1 aromatic heterocycles. The molecule has 18 heavy (non-hydrogen) atoms. The van der Waals surface area contributed by atoms with Crippen molar-refractivity contribution in [2.45, 2.75) is 12.8 Å². The van der Waals surface area contributed by atoms with Crippen molar-refractivity contribution >= 4 is 11.3 Å². The fourth-order valence-corrected chi connectivity index (χ4v) is 3.14. The zero-order chi connectivity index (χ0) is 13.0. The van der Waals surface area contributed by atoms with Crippen LogP contribution in [0.4, 0.5) is 0 Å². The zero-order valence-electron chi connectivity index (χ0n) is 10.7. The van der Waals surface area contributed by atoms with E-state index >= 15 is 0 Å². The van der Waals surface area contributed by atoms with Crippen LogP contribution in [0.2, 0.25) is 0 Å². The van der Waals surface area contributed by atoms with Gasteiger partial charge in [0.1, 0.15) is 5.75 Å². The van der Waals surface area contributed by atoms with Gasteiger partial charge in [-0.15, -0.1) is 11.3 Å². The smallest absolute Gasteiger partial charge is 0.118 e. The number of aliphatic hydroxyl groups excluding tert-OH is 1. The van der Waals surface area contributed by atoms with E-state index in [-0.39, 0.29) is 18.4 Å². The number of aliphatic hydroxyl groups is 1. The van der Waals surface area contributed by atoms with Crippen LogP contribution in [0.3, 0.4) is 0 Å². The second-order valence-corrected chi connectivity index (χ2v) is 5.41. The van der Waals surface area contributed by atoms with Gasteiger partial charge in [0, 0.05) is 17.4 Å². The zero-order valence-corrected chi connectivity index (χ0v) is 11.5. The molecule has 0 bridgehead atoms. The van der Waals surface area contributed by atoms with E-state index in [1.807, 2.05) is 12.1 Å². The minimum absolute atomic E-state index is 0.189. The lowest BCUT2D eigenvalue weighted by Gasteiger charge is -2.22. The van der Waals surface area contributed by atoms with Crippen LogP contribution in [0.15, 0.2) is 41.8 Å². The van der Waals surface area contributed by atoms with Crippen LogP contribution >= 0.6 is 11.3 Å². The number of hydrogen-bond acceptors (Lipinski definition) is 3. The van der Waals surface area contributed by atoms with E-state index in [1.165, 1.54) is 10.4 Å².